The molecule has 2 N–H and O–H groups in total. The van der Waals surface area contributed by atoms with Crippen LogP contribution in [0.25, 0.3) is 0 Å². The lowest BCUT2D eigenvalue weighted by molar-refractivity contribution is 0.241. The molecule has 0 spiro atoms. The molecule has 0 unspecified atom stereocenters. The Hall–Kier alpha value is -2.05. The van der Waals surface area contributed by atoms with Crippen LogP contribution in [0.1, 0.15) is 13.8 Å². The van der Waals surface area contributed by atoms with Gasteiger partial charge in [0.05, 0.1) is 11.8 Å². The van der Waals surface area contributed by atoms with Crippen LogP contribution in [0.15, 0.2) is 22.6 Å². The van der Waals surface area contributed by atoms with E-state index in [1.54, 1.807) is 17.1 Å². The van der Waals surface area contributed by atoms with Crippen LogP contribution < -0.4 is 15.5 Å². The Labute approximate surface area is 105 Å². The first kappa shape index (κ1) is 12.4. The molecule has 0 aromatic heterocycles. The highest BCUT2D eigenvalue weighted by atomic mass is 19.1. The minimum Gasteiger partial charge on any atom is -0.489 e. The molecule has 18 heavy (non-hydrogen) atoms. The summed E-state index contributed by atoms with van der Waals surface area (Å²) in [7, 11) is 1.79. The van der Waals surface area contributed by atoms with E-state index in [1.807, 2.05) is 13.8 Å². The van der Waals surface area contributed by atoms with Crippen molar-refractivity contribution >= 4 is 11.4 Å². The van der Waals surface area contributed by atoms with E-state index in [1.165, 1.54) is 12.1 Å². The first-order valence-electron chi connectivity index (χ1n) is 5.63. The van der Waals surface area contributed by atoms with Gasteiger partial charge >= 0.3 is 0 Å². The van der Waals surface area contributed by atoms with Crippen LogP contribution in [0.3, 0.4) is 0 Å². The summed E-state index contributed by atoms with van der Waals surface area (Å²) in [6, 6.07) is 2.78. The Kier molecular flexibility index (Phi) is 3.22. The lowest BCUT2D eigenvalue weighted by atomic mass is 10.2. The van der Waals surface area contributed by atoms with Gasteiger partial charge in [-0.25, -0.2) is 9.40 Å². The number of nitrogen functional groups attached to an aromatic ring is 1. The van der Waals surface area contributed by atoms with Gasteiger partial charge in [-0.3, -0.25) is 5.01 Å². The summed E-state index contributed by atoms with van der Waals surface area (Å²) in [5.41, 5.74) is 6.25. The third kappa shape index (κ3) is 2.44. The van der Waals surface area contributed by atoms with Gasteiger partial charge in [-0.15, -0.1) is 0 Å². The zero-order valence-corrected chi connectivity index (χ0v) is 10.6. The Balaban J connectivity index is 2.37. The normalized spacial score (nSPS) is 14.7. The maximum absolute atomic E-state index is 13.5. The molecule has 1 aromatic rings. The quantitative estimate of drug-likeness (QED) is 0.838. The third-order valence-electron chi connectivity index (χ3n) is 2.36. The smallest absolute Gasteiger partial charge is 0.149 e. The number of hydrogen-bond donors (Lipinski definition) is 1. The molecule has 1 heterocycles. The number of hydrogen-bond acceptors (Lipinski definition) is 6. The molecular formula is C11H16FN5O. The second-order valence-corrected chi connectivity index (χ2v) is 4.39. The Morgan fingerprint density at radius 1 is 1.39 bits per heavy atom. The van der Waals surface area contributed by atoms with Crippen LogP contribution in [-0.2, 0) is 0 Å². The first-order chi connectivity index (χ1) is 8.47. The van der Waals surface area contributed by atoms with E-state index < -0.39 is 5.82 Å². The van der Waals surface area contributed by atoms with Gasteiger partial charge in [-0.1, -0.05) is 5.22 Å². The molecule has 0 radical (unpaired) electrons. The molecule has 1 aliphatic rings. The second kappa shape index (κ2) is 4.67. The molecule has 0 bridgehead atoms. The van der Waals surface area contributed by atoms with E-state index in [0.717, 1.165) is 0 Å². The van der Waals surface area contributed by atoms with Gasteiger partial charge in [0.1, 0.15) is 23.9 Å². The SMILES string of the molecule is CC(C)Oc1cc(F)c(N)cc1N1CN(C)N=N1. The number of anilines is 2. The standard InChI is InChI=1S/C11H16FN5O/c1-7(2)18-11-4-8(12)9(13)5-10(11)17-6-16(3)14-15-17/h4-5,7H,6,13H2,1-3H3. The molecular weight excluding hydrogens is 237 g/mol. The van der Waals surface area contributed by atoms with Crippen molar-refractivity contribution in [3.8, 4) is 5.75 Å². The van der Waals surface area contributed by atoms with E-state index in [-0.39, 0.29) is 11.8 Å². The summed E-state index contributed by atoms with van der Waals surface area (Å²) < 4.78 is 19.1. The highest BCUT2D eigenvalue weighted by Gasteiger charge is 2.20. The fraction of sp³-hybridized carbons (Fsp3) is 0.455. The van der Waals surface area contributed by atoms with Crippen molar-refractivity contribution in [2.45, 2.75) is 20.0 Å². The van der Waals surface area contributed by atoms with Crippen LogP contribution in [0, 0.1) is 5.82 Å². The van der Waals surface area contributed by atoms with Gasteiger partial charge in [0.25, 0.3) is 0 Å². The average molecular weight is 253 g/mol. The largest absolute Gasteiger partial charge is 0.489 e. The molecule has 0 fully saturated rings. The summed E-state index contributed by atoms with van der Waals surface area (Å²) in [5.74, 6) is -0.0927. The highest BCUT2D eigenvalue weighted by Crippen LogP contribution is 2.34. The molecule has 1 aliphatic heterocycles. The summed E-state index contributed by atoms with van der Waals surface area (Å²) >= 11 is 0. The minimum atomic E-state index is -0.501. The predicted molar refractivity (Wildman–Crippen MR) is 66.5 cm³/mol. The molecule has 0 atom stereocenters. The van der Waals surface area contributed by atoms with E-state index in [0.29, 0.717) is 18.1 Å². The molecule has 1 aromatic carbocycles. The van der Waals surface area contributed by atoms with Gasteiger partial charge in [-0.05, 0) is 25.1 Å². The first-order valence-corrected chi connectivity index (χ1v) is 5.63. The molecule has 98 valence electrons. The number of ether oxygens (including phenoxy) is 1. The number of rotatable bonds is 3. The van der Waals surface area contributed by atoms with Crippen molar-refractivity contribution < 1.29 is 9.13 Å². The van der Waals surface area contributed by atoms with Gasteiger partial charge in [0.2, 0.25) is 0 Å². The number of nitrogens with two attached hydrogens (primary N) is 1. The molecule has 0 aliphatic carbocycles. The lowest BCUT2D eigenvalue weighted by Gasteiger charge is -2.20. The van der Waals surface area contributed by atoms with Crippen molar-refractivity contribution in [1.29, 1.82) is 0 Å². The van der Waals surface area contributed by atoms with Crippen molar-refractivity contribution in [1.82, 2.24) is 5.01 Å². The van der Waals surface area contributed by atoms with Gasteiger partial charge in [-0.2, -0.15) is 0 Å². The second-order valence-electron chi connectivity index (χ2n) is 4.39. The van der Waals surface area contributed by atoms with E-state index >= 15 is 0 Å². The topological polar surface area (TPSA) is 66.5 Å². The van der Waals surface area contributed by atoms with Gasteiger partial charge in [0, 0.05) is 13.1 Å². The van der Waals surface area contributed by atoms with Crippen molar-refractivity contribution in [3.63, 3.8) is 0 Å². The fourth-order valence-corrected chi connectivity index (χ4v) is 1.60. The van der Waals surface area contributed by atoms with Crippen molar-refractivity contribution in [3.05, 3.63) is 17.9 Å². The zero-order chi connectivity index (χ0) is 13.3. The van der Waals surface area contributed by atoms with Crippen LogP contribution in [0.5, 0.6) is 5.75 Å². The highest BCUT2D eigenvalue weighted by molar-refractivity contribution is 5.65. The monoisotopic (exact) mass is 253 g/mol. The summed E-state index contributed by atoms with van der Waals surface area (Å²) in [6.45, 7) is 4.21. The third-order valence-corrected chi connectivity index (χ3v) is 2.36. The van der Waals surface area contributed by atoms with Crippen LogP contribution in [-0.4, -0.2) is 24.8 Å². The Morgan fingerprint density at radius 2 is 2.11 bits per heavy atom. The zero-order valence-electron chi connectivity index (χ0n) is 10.6. The minimum absolute atomic E-state index is 0.0610. The summed E-state index contributed by atoms with van der Waals surface area (Å²) in [5, 5.41) is 11.1. The molecule has 0 saturated carbocycles. The maximum Gasteiger partial charge on any atom is 0.149 e. The molecule has 0 saturated heterocycles. The fourth-order valence-electron chi connectivity index (χ4n) is 1.60. The average Bonchev–Trinajstić information content (AvgIpc) is 2.69. The molecule has 6 nitrogen and oxygen atoms in total. The van der Waals surface area contributed by atoms with Gasteiger partial charge in [0.15, 0.2) is 0 Å². The van der Waals surface area contributed by atoms with E-state index in [2.05, 4.69) is 10.4 Å². The Morgan fingerprint density at radius 3 is 2.67 bits per heavy atom. The summed E-state index contributed by atoms with van der Waals surface area (Å²) in [4.78, 5) is 0. The molecule has 0 amide bonds. The Bertz CT molecular complexity index is 477. The lowest BCUT2D eigenvalue weighted by Crippen LogP contribution is -2.23. The van der Waals surface area contributed by atoms with E-state index in [9.17, 15) is 4.39 Å². The van der Waals surface area contributed by atoms with Crippen LogP contribution in [0.4, 0.5) is 15.8 Å². The van der Waals surface area contributed by atoms with Gasteiger partial charge < -0.3 is 10.5 Å². The van der Waals surface area contributed by atoms with Crippen LogP contribution >= 0.6 is 0 Å². The van der Waals surface area contributed by atoms with Crippen LogP contribution in [0.2, 0.25) is 0 Å². The summed E-state index contributed by atoms with van der Waals surface area (Å²) in [6.07, 6.45) is -0.0657. The predicted octanol–water partition coefficient (Wildman–Crippen LogP) is 2.19. The molecule has 2 rings (SSSR count). The maximum atomic E-state index is 13.5. The number of nitrogens with zero attached hydrogens (tertiary/aromatic N) is 4. The van der Waals surface area contributed by atoms with E-state index in [4.69, 9.17) is 10.5 Å². The van der Waals surface area contributed by atoms with Crippen molar-refractivity contribution in [2.75, 3.05) is 24.5 Å². The number of benzene rings is 1. The van der Waals surface area contributed by atoms with Crippen molar-refractivity contribution in [2.24, 2.45) is 10.4 Å². The number of halogens is 1. The molecule has 7 heteroatoms.